The van der Waals surface area contributed by atoms with Gasteiger partial charge in [-0.25, -0.2) is 9.99 Å². The summed E-state index contributed by atoms with van der Waals surface area (Å²) in [6, 6.07) is 0. The molecule has 0 fully saturated rings. The van der Waals surface area contributed by atoms with Crippen molar-refractivity contribution in [2.24, 2.45) is 0 Å². The molecule has 0 aliphatic carbocycles. The Balaban J connectivity index is 2.57. The molecular formula is C7H8Cl2N4. The molecule has 70 valence electrons. The molecule has 4 nitrogen and oxygen atoms in total. The Morgan fingerprint density at radius 2 is 1.92 bits per heavy atom. The highest BCUT2D eigenvalue weighted by molar-refractivity contribution is 6.32. The maximum absolute atomic E-state index is 5.92. The van der Waals surface area contributed by atoms with Crippen LogP contribution in [0.5, 0.6) is 0 Å². The van der Waals surface area contributed by atoms with Gasteiger partial charge in [-0.1, -0.05) is 11.6 Å². The summed E-state index contributed by atoms with van der Waals surface area (Å²) in [5, 5.41) is 4.51. The minimum Gasteiger partial charge on any atom is -0.292 e. The molecule has 1 aromatic heterocycles. The van der Waals surface area contributed by atoms with E-state index in [4.69, 9.17) is 23.2 Å². The molecule has 2 heterocycles. The summed E-state index contributed by atoms with van der Waals surface area (Å²) >= 11 is 11.6. The predicted octanol–water partition coefficient (Wildman–Crippen LogP) is 1.58. The van der Waals surface area contributed by atoms with Gasteiger partial charge < -0.3 is 0 Å². The third-order valence-corrected chi connectivity index (χ3v) is 2.59. The van der Waals surface area contributed by atoms with Crippen molar-refractivity contribution in [3.05, 3.63) is 16.0 Å². The van der Waals surface area contributed by atoms with Crippen LogP contribution in [-0.4, -0.2) is 29.1 Å². The first-order chi connectivity index (χ1) is 6.09. The molecule has 0 spiro atoms. The standard InChI is InChI=1S/C7H8Cl2N4/c1-12-3-4-5(8)10-7(9)11-6(4)13(12)2/h3H2,1-2H3. The van der Waals surface area contributed by atoms with Crippen LogP contribution in [-0.2, 0) is 6.54 Å². The molecule has 0 saturated heterocycles. The molecule has 0 radical (unpaired) electrons. The highest BCUT2D eigenvalue weighted by atomic mass is 35.5. The predicted molar refractivity (Wildman–Crippen MR) is 51.9 cm³/mol. The average molecular weight is 219 g/mol. The van der Waals surface area contributed by atoms with Gasteiger partial charge in [-0.15, -0.1) is 0 Å². The molecule has 1 aliphatic heterocycles. The van der Waals surface area contributed by atoms with Gasteiger partial charge in [0.15, 0.2) is 5.82 Å². The Morgan fingerprint density at radius 1 is 1.23 bits per heavy atom. The number of hydrazine groups is 1. The fourth-order valence-electron chi connectivity index (χ4n) is 1.32. The second-order valence-corrected chi connectivity index (χ2v) is 3.62. The highest BCUT2D eigenvalue weighted by Crippen LogP contribution is 2.32. The molecule has 13 heavy (non-hydrogen) atoms. The van der Waals surface area contributed by atoms with E-state index >= 15 is 0 Å². The molecule has 1 aliphatic rings. The van der Waals surface area contributed by atoms with Crippen LogP contribution in [0.2, 0.25) is 10.4 Å². The lowest BCUT2D eigenvalue weighted by atomic mass is 10.3. The molecule has 0 N–H and O–H groups in total. The van der Waals surface area contributed by atoms with Gasteiger partial charge in [-0.05, 0) is 11.6 Å². The third kappa shape index (κ3) is 1.35. The first-order valence-electron chi connectivity index (χ1n) is 3.76. The number of anilines is 1. The van der Waals surface area contributed by atoms with E-state index in [9.17, 15) is 0 Å². The Labute approximate surface area is 86.1 Å². The van der Waals surface area contributed by atoms with Gasteiger partial charge in [-0.2, -0.15) is 4.98 Å². The van der Waals surface area contributed by atoms with Crippen LogP contribution in [0, 0.1) is 0 Å². The van der Waals surface area contributed by atoms with Gasteiger partial charge in [0, 0.05) is 26.2 Å². The molecule has 2 rings (SSSR count). The van der Waals surface area contributed by atoms with Crippen molar-refractivity contribution >= 4 is 29.0 Å². The zero-order chi connectivity index (χ0) is 9.59. The van der Waals surface area contributed by atoms with Gasteiger partial charge in [0.1, 0.15) is 5.15 Å². The Kier molecular flexibility index (Phi) is 2.06. The first kappa shape index (κ1) is 8.99. The summed E-state index contributed by atoms with van der Waals surface area (Å²) in [5.41, 5.74) is 0.927. The fourth-order valence-corrected chi connectivity index (χ4v) is 1.75. The van der Waals surface area contributed by atoms with Crippen molar-refractivity contribution in [2.45, 2.75) is 6.54 Å². The summed E-state index contributed by atoms with van der Waals surface area (Å²) in [4.78, 5) is 7.98. The number of fused-ring (bicyclic) bond motifs is 1. The van der Waals surface area contributed by atoms with E-state index in [1.54, 1.807) is 0 Å². The molecule has 0 bridgehead atoms. The van der Waals surface area contributed by atoms with E-state index in [2.05, 4.69) is 9.97 Å². The minimum atomic E-state index is 0.186. The molecule has 0 saturated carbocycles. The molecule has 1 aromatic rings. The van der Waals surface area contributed by atoms with Crippen molar-refractivity contribution in [2.75, 3.05) is 19.1 Å². The Hall–Kier alpha value is -0.580. The van der Waals surface area contributed by atoms with E-state index in [-0.39, 0.29) is 5.28 Å². The van der Waals surface area contributed by atoms with E-state index in [1.807, 2.05) is 24.1 Å². The summed E-state index contributed by atoms with van der Waals surface area (Å²) in [7, 11) is 3.86. The van der Waals surface area contributed by atoms with Crippen LogP contribution >= 0.6 is 23.2 Å². The molecule has 0 atom stereocenters. The van der Waals surface area contributed by atoms with E-state index < -0.39 is 0 Å². The van der Waals surface area contributed by atoms with Crippen LogP contribution in [0.15, 0.2) is 0 Å². The number of hydrogen-bond acceptors (Lipinski definition) is 4. The van der Waals surface area contributed by atoms with Gasteiger partial charge in [-0.3, -0.25) is 5.01 Å². The Morgan fingerprint density at radius 3 is 2.62 bits per heavy atom. The number of nitrogens with zero attached hydrogens (tertiary/aromatic N) is 4. The monoisotopic (exact) mass is 218 g/mol. The molecule has 6 heteroatoms. The van der Waals surface area contributed by atoms with Crippen molar-refractivity contribution in [1.82, 2.24) is 15.0 Å². The first-order valence-corrected chi connectivity index (χ1v) is 4.52. The fraction of sp³-hybridized carbons (Fsp3) is 0.429. The van der Waals surface area contributed by atoms with Gasteiger partial charge in [0.2, 0.25) is 5.28 Å². The second-order valence-electron chi connectivity index (χ2n) is 2.92. The largest absolute Gasteiger partial charge is 0.292 e. The second kappa shape index (κ2) is 2.97. The van der Waals surface area contributed by atoms with E-state index in [0.717, 1.165) is 17.9 Å². The normalized spacial score (nSPS) is 16.5. The summed E-state index contributed by atoms with van der Waals surface area (Å²) in [6.45, 7) is 0.724. The van der Waals surface area contributed by atoms with Crippen LogP contribution in [0.1, 0.15) is 5.56 Å². The van der Waals surface area contributed by atoms with Crippen molar-refractivity contribution < 1.29 is 0 Å². The summed E-state index contributed by atoms with van der Waals surface area (Å²) < 4.78 is 0. The number of halogens is 2. The van der Waals surface area contributed by atoms with Crippen LogP contribution < -0.4 is 5.01 Å². The van der Waals surface area contributed by atoms with Crippen LogP contribution in [0.25, 0.3) is 0 Å². The molecule has 0 amide bonds. The highest BCUT2D eigenvalue weighted by Gasteiger charge is 2.26. The summed E-state index contributed by atoms with van der Waals surface area (Å²) in [6.07, 6.45) is 0. The van der Waals surface area contributed by atoms with Gasteiger partial charge >= 0.3 is 0 Å². The lowest BCUT2D eigenvalue weighted by Gasteiger charge is -2.19. The zero-order valence-electron chi connectivity index (χ0n) is 7.25. The number of rotatable bonds is 0. The third-order valence-electron chi connectivity index (χ3n) is 2.11. The van der Waals surface area contributed by atoms with Crippen molar-refractivity contribution in [3.8, 4) is 0 Å². The smallest absolute Gasteiger partial charge is 0.225 e. The topological polar surface area (TPSA) is 32.3 Å². The lowest BCUT2D eigenvalue weighted by molar-refractivity contribution is 0.343. The van der Waals surface area contributed by atoms with Crippen LogP contribution in [0.3, 0.4) is 0 Å². The van der Waals surface area contributed by atoms with Gasteiger partial charge in [0.05, 0.1) is 0 Å². The molecular weight excluding hydrogens is 211 g/mol. The van der Waals surface area contributed by atoms with E-state index in [0.29, 0.717) is 5.15 Å². The lowest BCUT2D eigenvalue weighted by Crippen LogP contribution is -2.30. The van der Waals surface area contributed by atoms with Crippen LogP contribution in [0.4, 0.5) is 5.82 Å². The van der Waals surface area contributed by atoms with Gasteiger partial charge in [0.25, 0.3) is 0 Å². The Bertz CT molecular complexity index is 355. The molecule has 0 aromatic carbocycles. The molecule has 0 unspecified atom stereocenters. The van der Waals surface area contributed by atoms with E-state index in [1.165, 1.54) is 0 Å². The maximum Gasteiger partial charge on any atom is 0.225 e. The van der Waals surface area contributed by atoms with Crippen molar-refractivity contribution in [1.29, 1.82) is 0 Å². The minimum absolute atomic E-state index is 0.186. The quantitative estimate of drug-likeness (QED) is 0.489. The maximum atomic E-state index is 5.92. The summed E-state index contributed by atoms with van der Waals surface area (Å²) in [5.74, 6) is 0.785. The number of hydrogen-bond donors (Lipinski definition) is 0. The SMILES string of the molecule is CN1Cc2c(Cl)nc(Cl)nc2N1C. The zero-order valence-corrected chi connectivity index (χ0v) is 8.76. The average Bonchev–Trinajstić information content (AvgIpc) is 2.32. The number of aromatic nitrogens is 2. The van der Waals surface area contributed by atoms with Crippen molar-refractivity contribution in [3.63, 3.8) is 0 Å².